The molecule has 21 heavy (non-hydrogen) atoms. The molecule has 1 saturated heterocycles. The molecule has 1 N–H and O–H groups in total. The zero-order chi connectivity index (χ0) is 15.5. The zero-order valence-corrected chi connectivity index (χ0v) is 14.2. The largest absolute Gasteiger partial charge is 0.369 e. The van der Waals surface area contributed by atoms with Gasteiger partial charge < -0.3 is 10.2 Å². The lowest BCUT2D eigenvalue weighted by atomic mass is 10.1. The number of hydrogen-bond acceptors (Lipinski definition) is 4. The summed E-state index contributed by atoms with van der Waals surface area (Å²) in [5.41, 5.74) is 2.08. The molecule has 0 unspecified atom stereocenters. The Morgan fingerprint density at radius 2 is 1.95 bits per heavy atom. The van der Waals surface area contributed by atoms with Gasteiger partial charge in [-0.1, -0.05) is 31.5 Å². The van der Waals surface area contributed by atoms with Crippen molar-refractivity contribution in [3.63, 3.8) is 0 Å². The molecule has 4 nitrogen and oxygen atoms in total. The maximum Gasteiger partial charge on any atom is 0.153 e. The second-order valence-electron chi connectivity index (χ2n) is 5.94. The molecule has 0 aliphatic carbocycles. The fourth-order valence-corrected chi connectivity index (χ4v) is 3.79. The fourth-order valence-electron chi connectivity index (χ4n) is 2.34. The highest BCUT2D eigenvalue weighted by Crippen LogP contribution is 2.25. The average molecular weight is 331 g/mol. The van der Waals surface area contributed by atoms with Crippen LogP contribution >= 0.6 is 11.6 Å². The van der Waals surface area contributed by atoms with Crippen LogP contribution in [0.15, 0.2) is 18.2 Å². The molecule has 0 radical (unpaired) electrons. The lowest BCUT2D eigenvalue weighted by Gasteiger charge is -2.29. The van der Waals surface area contributed by atoms with E-state index in [4.69, 9.17) is 11.6 Å². The number of hydrogen-bond donors (Lipinski definition) is 1. The molecule has 1 aromatic rings. The third-order valence-corrected chi connectivity index (χ3v) is 5.58. The van der Waals surface area contributed by atoms with Gasteiger partial charge in [-0.15, -0.1) is 0 Å². The number of anilines is 1. The molecule has 0 bridgehead atoms. The molecule has 1 heterocycles. The minimum Gasteiger partial charge on any atom is -0.369 e. The van der Waals surface area contributed by atoms with Gasteiger partial charge in [-0.3, -0.25) is 0 Å². The molecule has 0 aromatic heterocycles. The summed E-state index contributed by atoms with van der Waals surface area (Å²) in [7, 11) is -2.85. The van der Waals surface area contributed by atoms with Crippen LogP contribution in [0.4, 0.5) is 5.69 Å². The second kappa shape index (κ2) is 6.99. The van der Waals surface area contributed by atoms with Crippen LogP contribution in [-0.2, 0) is 16.4 Å². The first-order valence-corrected chi connectivity index (χ1v) is 9.52. The molecule has 1 aromatic carbocycles. The lowest BCUT2D eigenvalue weighted by molar-refractivity contribution is 0.552. The van der Waals surface area contributed by atoms with Gasteiger partial charge in [0.05, 0.1) is 11.5 Å². The van der Waals surface area contributed by atoms with Crippen molar-refractivity contribution in [2.75, 3.05) is 36.0 Å². The van der Waals surface area contributed by atoms with E-state index >= 15 is 0 Å². The van der Waals surface area contributed by atoms with Crippen LogP contribution in [0.5, 0.6) is 0 Å². The van der Waals surface area contributed by atoms with Crippen LogP contribution in [0.1, 0.15) is 19.4 Å². The normalized spacial score (nSPS) is 18.2. The summed E-state index contributed by atoms with van der Waals surface area (Å²) in [6.45, 7) is 7.14. The Labute approximate surface area is 132 Å². The third kappa shape index (κ3) is 4.87. The smallest absolute Gasteiger partial charge is 0.153 e. The summed E-state index contributed by atoms with van der Waals surface area (Å²) < 4.78 is 22.9. The van der Waals surface area contributed by atoms with Gasteiger partial charge in [0, 0.05) is 30.3 Å². The quantitative estimate of drug-likeness (QED) is 0.900. The van der Waals surface area contributed by atoms with E-state index in [0.29, 0.717) is 19.0 Å². The van der Waals surface area contributed by atoms with Gasteiger partial charge >= 0.3 is 0 Å². The van der Waals surface area contributed by atoms with E-state index in [1.807, 2.05) is 18.2 Å². The van der Waals surface area contributed by atoms with E-state index in [1.54, 1.807) is 0 Å². The van der Waals surface area contributed by atoms with Gasteiger partial charge in [0.1, 0.15) is 0 Å². The Bertz CT molecular complexity index is 573. The number of sulfone groups is 1. The minimum absolute atomic E-state index is 0.225. The Balaban J connectivity index is 1.99. The molecule has 0 saturated carbocycles. The molecule has 1 aliphatic heterocycles. The molecule has 6 heteroatoms. The highest BCUT2D eigenvalue weighted by atomic mass is 35.5. The SMILES string of the molecule is CC(C)CNCc1ccc(N2CCS(=O)(=O)CC2)cc1Cl. The Hall–Kier alpha value is -0.780. The molecule has 118 valence electrons. The maximum absolute atomic E-state index is 11.5. The first kappa shape index (κ1) is 16.6. The van der Waals surface area contributed by atoms with Crippen molar-refractivity contribution >= 4 is 27.1 Å². The Morgan fingerprint density at radius 3 is 2.52 bits per heavy atom. The van der Waals surface area contributed by atoms with Crippen LogP contribution in [0.2, 0.25) is 5.02 Å². The molecule has 0 atom stereocenters. The Kier molecular flexibility index (Phi) is 5.52. The summed E-state index contributed by atoms with van der Waals surface area (Å²) in [5.74, 6) is 1.06. The van der Waals surface area contributed by atoms with Gasteiger partial charge in [-0.25, -0.2) is 8.42 Å². The topological polar surface area (TPSA) is 49.4 Å². The van der Waals surface area contributed by atoms with Crippen LogP contribution in [0.3, 0.4) is 0 Å². The zero-order valence-electron chi connectivity index (χ0n) is 12.6. The number of halogens is 1. The van der Waals surface area contributed by atoms with E-state index in [9.17, 15) is 8.42 Å². The minimum atomic E-state index is -2.85. The molecule has 0 spiro atoms. The molecular weight excluding hydrogens is 308 g/mol. The van der Waals surface area contributed by atoms with Gasteiger partial charge in [0.25, 0.3) is 0 Å². The van der Waals surface area contributed by atoms with E-state index in [1.165, 1.54) is 0 Å². The van der Waals surface area contributed by atoms with Crippen molar-refractivity contribution in [3.05, 3.63) is 28.8 Å². The van der Waals surface area contributed by atoms with E-state index in [-0.39, 0.29) is 11.5 Å². The molecule has 1 aliphatic rings. The van der Waals surface area contributed by atoms with Crippen molar-refractivity contribution in [2.45, 2.75) is 20.4 Å². The molecule has 0 amide bonds. The highest BCUT2D eigenvalue weighted by molar-refractivity contribution is 7.91. The lowest BCUT2D eigenvalue weighted by Crippen LogP contribution is -2.40. The summed E-state index contributed by atoms with van der Waals surface area (Å²) in [6, 6.07) is 5.98. The van der Waals surface area contributed by atoms with Gasteiger partial charge in [0.2, 0.25) is 0 Å². The predicted molar refractivity (Wildman–Crippen MR) is 88.9 cm³/mol. The van der Waals surface area contributed by atoms with Gasteiger partial charge in [-0.2, -0.15) is 0 Å². The second-order valence-corrected chi connectivity index (χ2v) is 8.65. The molecular formula is C15H23ClN2O2S. The van der Waals surface area contributed by atoms with Gasteiger partial charge in [0.15, 0.2) is 9.84 Å². The maximum atomic E-state index is 11.5. The first-order valence-electron chi connectivity index (χ1n) is 7.32. The fraction of sp³-hybridized carbons (Fsp3) is 0.600. The van der Waals surface area contributed by atoms with Crippen molar-refractivity contribution in [2.24, 2.45) is 5.92 Å². The van der Waals surface area contributed by atoms with Crippen molar-refractivity contribution in [1.82, 2.24) is 5.32 Å². The number of benzene rings is 1. The number of rotatable bonds is 5. The van der Waals surface area contributed by atoms with E-state index < -0.39 is 9.84 Å². The summed E-state index contributed by atoms with van der Waals surface area (Å²) in [6.07, 6.45) is 0. The van der Waals surface area contributed by atoms with Crippen molar-refractivity contribution in [1.29, 1.82) is 0 Å². The molecule has 2 rings (SSSR count). The highest BCUT2D eigenvalue weighted by Gasteiger charge is 2.22. The monoisotopic (exact) mass is 330 g/mol. The predicted octanol–water partition coefficient (Wildman–Crippen LogP) is 2.32. The van der Waals surface area contributed by atoms with Crippen molar-refractivity contribution in [3.8, 4) is 0 Å². The number of nitrogens with zero attached hydrogens (tertiary/aromatic N) is 1. The van der Waals surface area contributed by atoms with E-state index in [2.05, 4.69) is 24.1 Å². The first-order chi connectivity index (χ1) is 9.87. The number of nitrogens with one attached hydrogen (secondary N) is 1. The Morgan fingerprint density at radius 1 is 1.29 bits per heavy atom. The van der Waals surface area contributed by atoms with Crippen molar-refractivity contribution < 1.29 is 8.42 Å². The summed E-state index contributed by atoms with van der Waals surface area (Å²) in [5, 5.41) is 4.11. The summed E-state index contributed by atoms with van der Waals surface area (Å²) >= 11 is 6.34. The standard InChI is InChI=1S/C15H23ClN2O2S/c1-12(2)10-17-11-13-3-4-14(9-15(13)16)18-5-7-21(19,20)8-6-18/h3-4,9,12,17H,5-8,10-11H2,1-2H3. The average Bonchev–Trinajstić information content (AvgIpc) is 2.40. The van der Waals surface area contributed by atoms with Gasteiger partial charge in [-0.05, 0) is 30.2 Å². The molecule has 1 fully saturated rings. The van der Waals surface area contributed by atoms with Crippen LogP contribution in [0, 0.1) is 5.92 Å². The van der Waals surface area contributed by atoms with Crippen LogP contribution in [0.25, 0.3) is 0 Å². The summed E-state index contributed by atoms with van der Waals surface area (Å²) in [4.78, 5) is 2.08. The van der Waals surface area contributed by atoms with Crippen LogP contribution in [-0.4, -0.2) is 39.6 Å². The van der Waals surface area contributed by atoms with E-state index in [0.717, 1.165) is 29.4 Å². The van der Waals surface area contributed by atoms with Crippen LogP contribution < -0.4 is 10.2 Å². The third-order valence-electron chi connectivity index (χ3n) is 3.61.